The summed E-state index contributed by atoms with van der Waals surface area (Å²) in [5.74, 6) is -1.50. The zero-order chi connectivity index (χ0) is 18.2. The van der Waals surface area contributed by atoms with Gasteiger partial charge in [0.05, 0.1) is 17.1 Å². The number of nitrogens with one attached hydrogen (secondary N) is 1. The molecule has 132 valence electrons. The molecular weight excluding hydrogens is 322 g/mol. The van der Waals surface area contributed by atoms with E-state index in [2.05, 4.69) is 10.4 Å². The Hall–Kier alpha value is -2.70. The lowest BCUT2D eigenvalue weighted by Crippen LogP contribution is -2.39. The predicted octanol–water partition coefficient (Wildman–Crippen LogP) is 1.90. The molecule has 1 saturated heterocycles. The SMILES string of the molecule is CC(C)(C)OC(=O)Cn1nc(C2CCC(=O)NC2=O)c2ccccc21. The molecule has 2 heterocycles. The molecular formula is C18H21N3O4. The van der Waals surface area contributed by atoms with E-state index in [1.54, 1.807) is 25.5 Å². The second-order valence-electron chi connectivity index (χ2n) is 7.15. The van der Waals surface area contributed by atoms with Crippen molar-refractivity contribution in [2.45, 2.75) is 51.7 Å². The molecule has 1 aliphatic rings. The summed E-state index contributed by atoms with van der Waals surface area (Å²) in [6.07, 6.45) is 0.696. The number of rotatable bonds is 3. The van der Waals surface area contributed by atoms with Gasteiger partial charge in [0.2, 0.25) is 11.8 Å². The van der Waals surface area contributed by atoms with Gasteiger partial charge in [0.15, 0.2) is 0 Å². The maximum Gasteiger partial charge on any atom is 0.328 e. The number of carbonyl (C=O) groups is 3. The monoisotopic (exact) mass is 343 g/mol. The lowest BCUT2D eigenvalue weighted by Gasteiger charge is -2.20. The van der Waals surface area contributed by atoms with Crippen LogP contribution in [-0.2, 0) is 25.7 Å². The Bertz CT molecular complexity index is 848. The molecule has 7 heteroatoms. The number of aromatic nitrogens is 2. The largest absolute Gasteiger partial charge is 0.459 e. The molecule has 0 saturated carbocycles. The van der Waals surface area contributed by atoms with Crippen molar-refractivity contribution in [3.63, 3.8) is 0 Å². The van der Waals surface area contributed by atoms with Crippen LogP contribution in [-0.4, -0.2) is 33.2 Å². The Morgan fingerprint density at radius 3 is 2.72 bits per heavy atom. The first kappa shape index (κ1) is 17.1. The normalized spacial score (nSPS) is 18.3. The fourth-order valence-electron chi connectivity index (χ4n) is 2.98. The van der Waals surface area contributed by atoms with Crippen LogP contribution in [0.3, 0.4) is 0 Å². The van der Waals surface area contributed by atoms with Crippen LogP contribution in [0, 0.1) is 0 Å². The smallest absolute Gasteiger partial charge is 0.328 e. The summed E-state index contributed by atoms with van der Waals surface area (Å²) >= 11 is 0. The number of ether oxygens (including phenoxy) is 1. The summed E-state index contributed by atoms with van der Waals surface area (Å²) in [5.41, 5.74) is 0.768. The number of imide groups is 1. The molecule has 1 fully saturated rings. The van der Waals surface area contributed by atoms with Crippen LogP contribution >= 0.6 is 0 Å². The van der Waals surface area contributed by atoms with Gasteiger partial charge in [0.1, 0.15) is 12.1 Å². The zero-order valence-electron chi connectivity index (χ0n) is 14.5. The second kappa shape index (κ2) is 6.31. The highest BCUT2D eigenvalue weighted by molar-refractivity contribution is 6.02. The highest BCUT2D eigenvalue weighted by Gasteiger charge is 2.32. The number of esters is 1. The number of fused-ring (bicyclic) bond motifs is 1. The van der Waals surface area contributed by atoms with Gasteiger partial charge in [-0.2, -0.15) is 5.10 Å². The summed E-state index contributed by atoms with van der Waals surface area (Å²) in [4.78, 5) is 35.7. The van der Waals surface area contributed by atoms with Gasteiger partial charge in [-0.15, -0.1) is 0 Å². The van der Waals surface area contributed by atoms with Crippen LogP contribution in [0.1, 0.15) is 45.2 Å². The Morgan fingerprint density at radius 2 is 2.04 bits per heavy atom. The molecule has 0 aliphatic carbocycles. The Kier molecular flexibility index (Phi) is 4.32. The van der Waals surface area contributed by atoms with Crippen LogP contribution in [0.4, 0.5) is 0 Å². The molecule has 1 aromatic heterocycles. The third-order valence-electron chi connectivity index (χ3n) is 3.95. The standard InChI is InChI=1S/C18H21N3O4/c1-18(2,3)25-15(23)10-21-13-7-5-4-6-11(13)16(20-21)12-8-9-14(22)19-17(12)24/h4-7,12H,8-10H2,1-3H3,(H,19,22,24). The summed E-state index contributed by atoms with van der Waals surface area (Å²) < 4.78 is 6.91. The third kappa shape index (κ3) is 3.70. The van der Waals surface area contributed by atoms with Crippen molar-refractivity contribution in [2.75, 3.05) is 0 Å². The Balaban J connectivity index is 1.94. The molecule has 1 atom stereocenters. The minimum atomic E-state index is -0.577. The van der Waals surface area contributed by atoms with Gasteiger partial charge in [0.25, 0.3) is 0 Å². The molecule has 1 aromatic carbocycles. The molecule has 1 unspecified atom stereocenters. The average Bonchev–Trinajstić information content (AvgIpc) is 2.84. The zero-order valence-corrected chi connectivity index (χ0v) is 14.5. The average molecular weight is 343 g/mol. The number of para-hydroxylation sites is 1. The lowest BCUT2D eigenvalue weighted by molar-refractivity contribution is -0.155. The van der Waals surface area contributed by atoms with Crippen molar-refractivity contribution in [3.8, 4) is 0 Å². The summed E-state index contributed by atoms with van der Waals surface area (Å²) in [6, 6.07) is 7.43. The van der Waals surface area contributed by atoms with Gasteiger partial charge in [0, 0.05) is 11.8 Å². The number of carbonyl (C=O) groups excluding carboxylic acids is 3. The van der Waals surface area contributed by atoms with Crippen LogP contribution in [0.5, 0.6) is 0 Å². The molecule has 1 N–H and O–H groups in total. The molecule has 0 spiro atoms. The first-order valence-corrected chi connectivity index (χ1v) is 8.25. The minimum Gasteiger partial charge on any atom is -0.459 e. The summed E-state index contributed by atoms with van der Waals surface area (Å²) in [6.45, 7) is 5.38. The van der Waals surface area contributed by atoms with Gasteiger partial charge in [-0.3, -0.25) is 24.4 Å². The van der Waals surface area contributed by atoms with Crippen molar-refractivity contribution >= 4 is 28.7 Å². The van der Waals surface area contributed by atoms with Gasteiger partial charge in [-0.05, 0) is 33.3 Å². The van der Waals surface area contributed by atoms with E-state index in [0.717, 1.165) is 10.9 Å². The van der Waals surface area contributed by atoms with E-state index < -0.39 is 17.5 Å². The molecule has 2 amide bonds. The number of hydrogen-bond acceptors (Lipinski definition) is 5. The lowest BCUT2D eigenvalue weighted by atomic mass is 9.93. The van der Waals surface area contributed by atoms with E-state index in [1.807, 2.05) is 24.3 Å². The highest BCUT2D eigenvalue weighted by atomic mass is 16.6. The number of nitrogens with zero attached hydrogens (tertiary/aromatic N) is 2. The Morgan fingerprint density at radius 1 is 1.32 bits per heavy atom. The van der Waals surface area contributed by atoms with E-state index in [0.29, 0.717) is 12.1 Å². The van der Waals surface area contributed by atoms with Crippen molar-refractivity contribution < 1.29 is 19.1 Å². The maximum atomic E-state index is 12.2. The molecule has 7 nitrogen and oxygen atoms in total. The van der Waals surface area contributed by atoms with Crippen molar-refractivity contribution in [1.29, 1.82) is 0 Å². The van der Waals surface area contributed by atoms with Crippen LogP contribution < -0.4 is 5.32 Å². The minimum absolute atomic E-state index is 0.0367. The number of hydrogen-bond donors (Lipinski definition) is 1. The van der Waals surface area contributed by atoms with E-state index in [1.165, 1.54) is 0 Å². The molecule has 25 heavy (non-hydrogen) atoms. The van der Waals surface area contributed by atoms with E-state index in [4.69, 9.17) is 4.74 Å². The highest BCUT2D eigenvalue weighted by Crippen LogP contribution is 2.30. The number of piperidine rings is 1. The third-order valence-corrected chi connectivity index (χ3v) is 3.95. The second-order valence-corrected chi connectivity index (χ2v) is 7.15. The quantitative estimate of drug-likeness (QED) is 0.679. The van der Waals surface area contributed by atoms with Crippen LogP contribution in [0.25, 0.3) is 10.9 Å². The first-order chi connectivity index (χ1) is 11.7. The maximum absolute atomic E-state index is 12.2. The van der Waals surface area contributed by atoms with E-state index in [-0.39, 0.29) is 24.8 Å². The van der Waals surface area contributed by atoms with Crippen molar-refractivity contribution in [2.24, 2.45) is 0 Å². The fourth-order valence-corrected chi connectivity index (χ4v) is 2.98. The summed E-state index contributed by atoms with van der Waals surface area (Å²) in [5, 5.41) is 7.66. The van der Waals surface area contributed by atoms with Gasteiger partial charge in [-0.25, -0.2) is 0 Å². The van der Waals surface area contributed by atoms with E-state index in [9.17, 15) is 14.4 Å². The molecule has 1 aliphatic heterocycles. The predicted molar refractivity (Wildman–Crippen MR) is 90.7 cm³/mol. The first-order valence-electron chi connectivity index (χ1n) is 8.25. The fraction of sp³-hybridized carbons (Fsp3) is 0.444. The Labute approximate surface area is 145 Å². The topological polar surface area (TPSA) is 90.3 Å². The number of amides is 2. The van der Waals surface area contributed by atoms with Gasteiger partial charge < -0.3 is 4.74 Å². The molecule has 3 rings (SSSR count). The summed E-state index contributed by atoms with van der Waals surface area (Å²) in [7, 11) is 0. The van der Waals surface area contributed by atoms with Gasteiger partial charge >= 0.3 is 5.97 Å². The van der Waals surface area contributed by atoms with Crippen molar-refractivity contribution in [1.82, 2.24) is 15.1 Å². The van der Waals surface area contributed by atoms with Crippen molar-refractivity contribution in [3.05, 3.63) is 30.0 Å². The van der Waals surface area contributed by atoms with Crippen LogP contribution in [0.15, 0.2) is 24.3 Å². The molecule has 2 aromatic rings. The van der Waals surface area contributed by atoms with Gasteiger partial charge in [-0.1, -0.05) is 18.2 Å². The molecule has 0 bridgehead atoms. The van der Waals surface area contributed by atoms with Crippen LogP contribution in [0.2, 0.25) is 0 Å². The van der Waals surface area contributed by atoms with E-state index >= 15 is 0 Å². The number of benzene rings is 1. The molecule has 0 radical (unpaired) electrons.